The molecule has 0 spiro atoms. The van der Waals surface area contributed by atoms with Gasteiger partial charge in [-0.1, -0.05) is 135 Å². The molecule has 0 aromatic rings. The molecule has 0 bridgehead atoms. The third kappa shape index (κ3) is 30.9. The minimum absolute atomic E-state index is 0.680. The summed E-state index contributed by atoms with van der Waals surface area (Å²) >= 11 is 2.19. The first-order valence-corrected chi connectivity index (χ1v) is 27.0. The van der Waals surface area contributed by atoms with Crippen LogP contribution in [-0.2, 0) is 26.6 Å². The van der Waals surface area contributed by atoms with Crippen LogP contribution in [0.15, 0.2) is 0 Å². The van der Waals surface area contributed by atoms with Gasteiger partial charge in [0.2, 0.25) is 0 Å². The molecule has 0 unspecified atom stereocenters. The molecule has 0 aliphatic carbocycles. The normalized spacial score (nSPS) is 12.4. The van der Waals surface area contributed by atoms with Crippen molar-refractivity contribution in [1.82, 2.24) is 0 Å². The summed E-state index contributed by atoms with van der Waals surface area (Å²) in [4.78, 5) is 0. The average molecular weight is 765 g/mol. The van der Waals surface area contributed by atoms with Crippen molar-refractivity contribution in [2.24, 2.45) is 0 Å². The fourth-order valence-corrected chi connectivity index (χ4v) is 13.3. The van der Waals surface area contributed by atoms with Crippen LogP contribution in [0, 0.1) is 0 Å². The third-order valence-corrected chi connectivity index (χ3v) is 16.9. The Morgan fingerprint density at radius 3 is 0.640 bits per heavy atom. The lowest BCUT2D eigenvalue weighted by atomic mass is 10.0. The fraction of sp³-hybridized carbons (Fsp3) is 1.00. The Kier molecular flexibility index (Phi) is 39.7. The summed E-state index contributed by atoms with van der Waals surface area (Å²) in [6.07, 6.45) is 34.5. The van der Waals surface area contributed by atoms with Crippen LogP contribution >= 0.6 is 11.8 Å². The molecular formula is C41H88O6SSi2. The van der Waals surface area contributed by atoms with Crippen molar-refractivity contribution in [2.45, 2.75) is 214 Å². The van der Waals surface area contributed by atoms with Crippen molar-refractivity contribution in [3.63, 3.8) is 0 Å². The van der Waals surface area contributed by atoms with Gasteiger partial charge < -0.3 is 26.6 Å². The number of thioether (sulfide) groups is 1. The van der Waals surface area contributed by atoms with E-state index in [9.17, 15) is 0 Å². The molecule has 0 radical (unpaired) electrons. The van der Waals surface area contributed by atoms with Crippen LogP contribution in [0.2, 0.25) is 12.1 Å². The van der Waals surface area contributed by atoms with Gasteiger partial charge in [0.05, 0.1) is 0 Å². The largest absolute Gasteiger partial charge is 0.500 e. The van der Waals surface area contributed by atoms with Crippen LogP contribution in [-0.4, -0.2) is 68.8 Å². The minimum atomic E-state index is -2.43. The summed E-state index contributed by atoms with van der Waals surface area (Å²) in [5.74, 6) is 2.73. The molecule has 0 aliphatic rings. The second-order valence-electron chi connectivity index (χ2n) is 13.9. The lowest BCUT2D eigenvalue weighted by molar-refractivity contribution is 0.0698. The highest BCUT2D eigenvalue weighted by Gasteiger charge is 2.40. The van der Waals surface area contributed by atoms with Gasteiger partial charge in [0.25, 0.3) is 0 Å². The maximum absolute atomic E-state index is 5.98. The van der Waals surface area contributed by atoms with Gasteiger partial charge in [-0.05, 0) is 78.7 Å². The van der Waals surface area contributed by atoms with Gasteiger partial charge in [0.1, 0.15) is 0 Å². The van der Waals surface area contributed by atoms with Gasteiger partial charge in [0, 0.05) is 51.7 Å². The minimum Gasteiger partial charge on any atom is -0.374 e. The van der Waals surface area contributed by atoms with E-state index in [1.165, 1.54) is 166 Å². The Morgan fingerprint density at radius 1 is 0.260 bits per heavy atom. The molecule has 9 heteroatoms. The van der Waals surface area contributed by atoms with Crippen molar-refractivity contribution < 1.29 is 26.6 Å². The van der Waals surface area contributed by atoms with Crippen molar-refractivity contribution in [3.8, 4) is 0 Å². The van der Waals surface area contributed by atoms with Crippen LogP contribution in [0.3, 0.4) is 0 Å². The van der Waals surface area contributed by atoms with Crippen LogP contribution < -0.4 is 0 Å². The molecule has 0 aromatic carbocycles. The molecule has 6 nitrogen and oxygen atoms in total. The highest BCUT2D eigenvalue weighted by Crippen LogP contribution is 2.23. The third-order valence-electron chi connectivity index (χ3n) is 9.48. The van der Waals surface area contributed by atoms with E-state index in [1.807, 2.05) is 41.5 Å². The lowest BCUT2D eigenvalue weighted by Gasteiger charge is -2.28. The van der Waals surface area contributed by atoms with Crippen LogP contribution in [0.25, 0.3) is 0 Å². The molecule has 0 rings (SSSR count). The summed E-state index contributed by atoms with van der Waals surface area (Å²) < 4.78 is 35.9. The molecular weight excluding hydrogens is 677 g/mol. The molecule has 50 heavy (non-hydrogen) atoms. The van der Waals surface area contributed by atoms with E-state index in [-0.39, 0.29) is 0 Å². The van der Waals surface area contributed by atoms with Gasteiger partial charge in [-0.15, -0.1) is 0 Å². The number of hydrogen-bond acceptors (Lipinski definition) is 7. The molecule has 0 amide bonds. The fourth-order valence-electron chi connectivity index (χ4n) is 6.91. The first-order valence-electron chi connectivity index (χ1n) is 22.0. The van der Waals surface area contributed by atoms with E-state index in [2.05, 4.69) is 11.8 Å². The highest BCUT2D eigenvalue weighted by molar-refractivity contribution is 7.99. The monoisotopic (exact) mass is 765 g/mol. The second-order valence-corrected chi connectivity index (χ2v) is 20.6. The first kappa shape index (κ1) is 50.5. The van der Waals surface area contributed by atoms with E-state index >= 15 is 0 Å². The molecule has 0 fully saturated rings. The Hall–Kier alpha value is 0.544. The van der Waals surface area contributed by atoms with Crippen LogP contribution in [0.1, 0.15) is 202 Å². The SMILES string of the molecule is CCO[Si](CCCCCCCCCCCCCCCCCCCSCCCCCCCCCC[Si](OCC)(OCC)OCC)(OCC)OCC. The number of hydrogen-bond donors (Lipinski definition) is 0. The lowest BCUT2D eigenvalue weighted by Crippen LogP contribution is -2.45. The van der Waals surface area contributed by atoms with Crippen LogP contribution in [0.4, 0.5) is 0 Å². The zero-order chi connectivity index (χ0) is 36.7. The summed E-state index contributed by atoms with van der Waals surface area (Å²) in [7, 11) is -4.86. The van der Waals surface area contributed by atoms with E-state index in [4.69, 9.17) is 26.6 Å². The van der Waals surface area contributed by atoms with Crippen LogP contribution in [0.5, 0.6) is 0 Å². The van der Waals surface area contributed by atoms with E-state index in [0.717, 1.165) is 18.5 Å². The first-order chi connectivity index (χ1) is 24.6. The zero-order valence-electron chi connectivity index (χ0n) is 34.6. The van der Waals surface area contributed by atoms with Crippen molar-refractivity contribution in [2.75, 3.05) is 51.1 Å². The van der Waals surface area contributed by atoms with Crippen molar-refractivity contribution in [3.05, 3.63) is 0 Å². The molecule has 0 N–H and O–H groups in total. The van der Waals surface area contributed by atoms with E-state index < -0.39 is 17.6 Å². The Balaban J connectivity index is 3.37. The Labute approximate surface area is 320 Å². The topological polar surface area (TPSA) is 55.4 Å². The quantitative estimate of drug-likeness (QED) is 0.0453. The summed E-state index contributed by atoms with van der Waals surface area (Å²) in [5, 5.41) is 0. The van der Waals surface area contributed by atoms with Gasteiger partial charge >= 0.3 is 17.6 Å². The second kappa shape index (κ2) is 39.2. The van der Waals surface area contributed by atoms with E-state index in [1.54, 1.807) is 0 Å². The molecule has 0 heterocycles. The molecule has 302 valence electrons. The van der Waals surface area contributed by atoms with Crippen molar-refractivity contribution >= 4 is 29.4 Å². The maximum atomic E-state index is 5.98. The Morgan fingerprint density at radius 2 is 0.440 bits per heavy atom. The molecule has 0 atom stereocenters. The van der Waals surface area contributed by atoms with Gasteiger partial charge in [-0.3, -0.25) is 0 Å². The standard InChI is InChI=1S/C41H88O6SSi2/c1-7-42-49(43-8-2,44-9-3)40-36-32-28-24-21-19-17-15-13-14-16-18-20-22-26-30-34-38-48-39-35-31-27-23-25-29-33-37-41-50(45-10-4,46-11-5)47-12-6/h7-41H2,1-6H3. The predicted octanol–water partition coefficient (Wildman–Crippen LogP) is 13.6. The van der Waals surface area contributed by atoms with Crippen molar-refractivity contribution in [1.29, 1.82) is 0 Å². The molecule has 0 saturated carbocycles. The summed E-state index contributed by atoms with van der Waals surface area (Å²) in [6, 6.07) is 1.93. The number of unbranched alkanes of at least 4 members (excludes halogenated alkanes) is 23. The Bertz CT molecular complexity index is 575. The van der Waals surface area contributed by atoms with Gasteiger partial charge in [0.15, 0.2) is 0 Å². The molecule has 0 aliphatic heterocycles. The summed E-state index contributed by atoms with van der Waals surface area (Å²) in [6.45, 7) is 16.3. The van der Waals surface area contributed by atoms with Gasteiger partial charge in [-0.25, -0.2) is 0 Å². The van der Waals surface area contributed by atoms with Gasteiger partial charge in [-0.2, -0.15) is 11.8 Å². The summed E-state index contributed by atoms with van der Waals surface area (Å²) in [5.41, 5.74) is 0. The molecule has 0 saturated heterocycles. The maximum Gasteiger partial charge on any atom is 0.500 e. The highest BCUT2D eigenvalue weighted by atomic mass is 32.2. The smallest absolute Gasteiger partial charge is 0.374 e. The van der Waals surface area contributed by atoms with E-state index in [0.29, 0.717) is 39.6 Å². The predicted molar refractivity (Wildman–Crippen MR) is 224 cm³/mol. The zero-order valence-corrected chi connectivity index (χ0v) is 37.4. The number of rotatable bonds is 43. The average Bonchev–Trinajstić information content (AvgIpc) is 3.10. The molecule has 0 aromatic heterocycles.